The van der Waals surface area contributed by atoms with E-state index in [2.05, 4.69) is 0 Å². The maximum atomic E-state index is 13.3. The molecule has 0 saturated heterocycles. The van der Waals surface area contributed by atoms with Gasteiger partial charge in [-0.3, -0.25) is 4.79 Å². The number of rotatable bonds is 5. The van der Waals surface area contributed by atoms with Crippen molar-refractivity contribution in [1.82, 2.24) is 0 Å². The Hall–Kier alpha value is -0.870. The number of carbonyl (C=O) groups is 1. The van der Waals surface area contributed by atoms with E-state index in [4.69, 9.17) is 0 Å². The fourth-order valence-corrected chi connectivity index (χ4v) is 8.42. The van der Waals surface area contributed by atoms with Gasteiger partial charge in [0.25, 0.3) is 0 Å². The maximum Gasteiger partial charge on any atom is 0.187 e. The third-order valence-electron chi connectivity index (χ3n) is 10.6. The highest BCUT2D eigenvalue weighted by Crippen LogP contribution is 2.69. The average Bonchev–Trinajstić information content (AvgIpc) is 3.01. The fourth-order valence-electron chi connectivity index (χ4n) is 8.42. The van der Waals surface area contributed by atoms with Gasteiger partial charge >= 0.3 is 0 Å². The molecule has 0 amide bonds. The molecule has 35 heavy (non-hydrogen) atoms. The van der Waals surface area contributed by atoms with Crippen LogP contribution in [-0.4, -0.2) is 82.7 Å². The first-order valence-electron chi connectivity index (χ1n) is 13.1. The average molecular weight is 497 g/mol. The van der Waals surface area contributed by atoms with Gasteiger partial charge < -0.3 is 35.7 Å². The summed E-state index contributed by atoms with van der Waals surface area (Å²) in [6.45, 7) is 9.14. The lowest BCUT2D eigenvalue weighted by Crippen LogP contribution is -2.71. The van der Waals surface area contributed by atoms with Crippen LogP contribution in [-0.2, 0) is 4.79 Å². The zero-order valence-corrected chi connectivity index (χ0v) is 21.6. The van der Waals surface area contributed by atoms with Gasteiger partial charge in [-0.25, -0.2) is 0 Å². The van der Waals surface area contributed by atoms with E-state index in [-0.39, 0.29) is 25.7 Å². The third kappa shape index (κ3) is 3.55. The van der Waals surface area contributed by atoms with E-state index in [1.54, 1.807) is 13.8 Å². The van der Waals surface area contributed by atoms with Crippen LogP contribution in [0.3, 0.4) is 0 Å². The Kier molecular flexibility index (Phi) is 6.46. The lowest BCUT2D eigenvalue weighted by Gasteiger charge is -2.64. The summed E-state index contributed by atoms with van der Waals surface area (Å²) in [5.41, 5.74) is -7.02. The van der Waals surface area contributed by atoms with E-state index in [0.29, 0.717) is 24.3 Å². The summed E-state index contributed by atoms with van der Waals surface area (Å²) in [4.78, 5) is 13.3. The van der Waals surface area contributed by atoms with Crippen LogP contribution in [0.2, 0.25) is 0 Å². The van der Waals surface area contributed by atoms with Crippen molar-refractivity contribution in [2.75, 3.05) is 0 Å². The molecular formula is C27H44O8. The number of carbonyl (C=O) groups excluding carboxylic acids is 1. The van der Waals surface area contributed by atoms with E-state index in [0.717, 1.165) is 6.42 Å². The highest BCUT2D eigenvalue weighted by Gasteiger charge is 2.73. The molecule has 4 aliphatic rings. The predicted octanol–water partition coefficient (Wildman–Crippen LogP) is 0.825. The van der Waals surface area contributed by atoms with Crippen LogP contribution in [0.15, 0.2) is 11.6 Å². The molecule has 8 nitrogen and oxygen atoms in total. The van der Waals surface area contributed by atoms with Crippen molar-refractivity contribution in [2.45, 2.75) is 121 Å². The Morgan fingerprint density at radius 3 is 2.14 bits per heavy atom. The van der Waals surface area contributed by atoms with Gasteiger partial charge in [-0.1, -0.05) is 27.7 Å². The Morgan fingerprint density at radius 2 is 1.54 bits per heavy atom. The molecule has 0 radical (unpaired) electrons. The summed E-state index contributed by atoms with van der Waals surface area (Å²) in [5, 5.41) is 78.4. The summed E-state index contributed by atoms with van der Waals surface area (Å²) < 4.78 is 0. The molecule has 3 fully saturated rings. The van der Waals surface area contributed by atoms with E-state index >= 15 is 0 Å². The Bertz CT molecular complexity index is 900. The molecule has 200 valence electrons. The highest BCUT2D eigenvalue weighted by molar-refractivity contribution is 6.00. The summed E-state index contributed by atoms with van der Waals surface area (Å²) >= 11 is 0. The monoisotopic (exact) mass is 496 g/mol. The minimum absolute atomic E-state index is 0.0989. The van der Waals surface area contributed by atoms with Crippen LogP contribution in [0.5, 0.6) is 0 Å². The van der Waals surface area contributed by atoms with Crippen LogP contribution in [0.25, 0.3) is 0 Å². The van der Waals surface area contributed by atoms with Gasteiger partial charge in [0, 0.05) is 23.2 Å². The first-order valence-corrected chi connectivity index (χ1v) is 13.1. The lowest BCUT2D eigenvalue weighted by molar-refractivity contribution is -0.228. The lowest BCUT2D eigenvalue weighted by atomic mass is 9.43. The van der Waals surface area contributed by atoms with Gasteiger partial charge in [-0.15, -0.1) is 0 Å². The fraction of sp³-hybridized carbons (Fsp3) is 0.889. The minimum Gasteiger partial charge on any atom is -0.392 e. The molecule has 8 heteroatoms. The summed E-state index contributed by atoms with van der Waals surface area (Å²) in [5.74, 6) is -1.63. The van der Waals surface area contributed by atoms with E-state index < -0.39 is 69.7 Å². The minimum atomic E-state index is -1.97. The first-order chi connectivity index (χ1) is 16.0. The zero-order valence-electron chi connectivity index (χ0n) is 21.6. The standard InChI is InChI=1S/C27H44O8/c1-14(2)6-7-20(31)25(5,33)19-8-9-26(34)15-10-21(32)27(35)13-17(29)16(28)11-24(27,4)22(15)18(30)12-23(19,26)3/h10,14,16-20,22,28-31,33-35H,6-9,11-13H2,1-5H3/t16-,17+,18+,19+,20+,22-,23+,24+,25+,26+,27+/m0/s1. The van der Waals surface area contributed by atoms with Crippen molar-refractivity contribution in [3.05, 3.63) is 11.6 Å². The third-order valence-corrected chi connectivity index (χ3v) is 10.6. The Labute approximate surface area is 207 Å². The topological polar surface area (TPSA) is 159 Å². The van der Waals surface area contributed by atoms with Gasteiger partial charge in [-0.2, -0.15) is 0 Å². The van der Waals surface area contributed by atoms with Crippen LogP contribution in [0.1, 0.15) is 79.6 Å². The second-order valence-electron chi connectivity index (χ2n) is 13.1. The number of hydrogen-bond donors (Lipinski definition) is 7. The highest BCUT2D eigenvalue weighted by atomic mass is 16.3. The van der Waals surface area contributed by atoms with E-state index in [9.17, 15) is 40.5 Å². The molecule has 0 aromatic rings. The number of ketones is 1. The van der Waals surface area contributed by atoms with E-state index in [1.807, 2.05) is 20.8 Å². The molecule has 0 bridgehead atoms. The zero-order chi connectivity index (χ0) is 26.4. The molecule has 0 unspecified atom stereocenters. The first kappa shape index (κ1) is 27.2. The molecule has 0 aliphatic heterocycles. The van der Waals surface area contributed by atoms with Crippen LogP contribution < -0.4 is 0 Å². The molecule has 11 atom stereocenters. The molecule has 4 rings (SSSR count). The molecule has 0 aromatic carbocycles. The quantitative estimate of drug-likeness (QED) is 0.295. The molecule has 7 N–H and O–H groups in total. The van der Waals surface area contributed by atoms with Crippen LogP contribution in [0.4, 0.5) is 0 Å². The Balaban J connectivity index is 1.76. The van der Waals surface area contributed by atoms with Gasteiger partial charge in [0.05, 0.1) is 35.6 Å². The molecule has 0 aromatic heterocycles. The number of aliphatic hydroxyl groups excluding tert-OH is 4. The molecule has 4 aliphatic carbocycles. The normalized spacial score (nSPS) is 50.1. The van der Waals surface area contributed by atoms with Crippen molar-refractivity contribution in [1.29, 1.82) is 0 Å². The van der Waals surface area contributed by atoms with Crippen LogP contribution in [0, 0.1) is 28.6 Å². The summed E-state index contributed by atoms with van der Waals surface area (Å²) in [6, 6.07) is 0. The summed E-state index contributed by atoms with van der Waals surface area (Å²) in [7, 11) is 0. The predicted molar refractivity (Wildman–Crippen MR) is 128 cm³/mol. The SMILES string of the molecule is CC(C)CC[C@@H](O)[C@](C)(O)[C@@H]1CC[C@@]2(O)C3=CC(=O)[C@]4(O)C[C@@H](O)[C@@H](O)C[C@]4(C)[C@@H]3[C@H](O)C[C@]12C. The molecule has 0 heterocycles. The van der Waals surface area contributed by atoms with Gasteiger partial charge in [0.1, 0.15) is 5.60 Å². The largest absolute Gasteiger partial charge is 0.392 e. The van der Waals surface area contributed by atoms with Crippen molar-refractivity contribution in [3.8, 4) is 0 Å². The van der Waals surface area contributed by atoms with Gasteiger partial charge in [0.2, 0.25) is 0 Å². The number of hydrogen-bond acceptors (Lipinski definition) is 8. The smallest absolute Gasteiger partial charge is 0.187 e. The number of aliphatic hydroxyl groups is 7. The molecule has 0 spiro atoms. The van der Waals surface area contributed by atoms with Crippen molar-refractivity contribution >= 4 is 5.78 Å². The van der Waals surface area contributed by atoms with E-state index in [1.165, 1.54) is 6.08 Å². The van der Waals surface area contributed by atoms with Gasteiger partial charge in [0.15, 0.2) is 5.78 Å². The van der Waals surface area contributed by atoms with Crippen molar-refractivity contribution < 1.29 is 40.5 Å². The second-order valence-corrected chi connectivity index (χ2v) is 13.1. The second kappa shape index (κ2) is 8.32. The van der Waals surface area contributed by atoms with Crippen molar-refractivity contribution in [3.63, 3.8) is 0 Å². The maximum absolute atomic E-state index is 13.3. The van der Waals surface area contributed by atoms with Gasteiger partial charge in [-0.05, 0) is 68.9 Å². The van der Waals surface area contributed by atoms with Crippen molar-refractivity contribution in [2.24, 2.45) is 28.6 Å². The molecule has 3 saturated carbocycles. The molecular weight excluding hydrogens is 452 g/mol. The summed E-state index contributed by atoms with van der Waals surface area (Å²) in [6.07, 6.45) is -1.83. The number of fused-ring (bicyclic) bond motifs is 5. The van der Waals surface area contributed by atoms with Crippen LogP contribution >= 0.6 is 0 Å². The Morgan fingerprint density at radius 1 is 0.971 bits per heavy atom.